The molecule has 1 saturated heterocycles. The topological polar surface area (TPSA) is 32.8 Å². The van der Waals surface area contributed by atoms with Crippen LogP contribution in [0.2, 0.25) is 0 Å². The Bertz CT molecular complexity index is 632. The van der Waals surface area contributed by atoms with E-state index in [9.17, 15) is 4.79 Å². The van der Waals surface area contributed by atoms with Crippen LogP contribution in [-0.2, 0) is 9.53 Å². The van der Waals surface area contributed by atoms with Gasteiger partial charge in [-0.1, -0.05) is 54.6 Å². The number of rotatable bonds is 5. The van der Waals surface area contributed by atoms with Gasteiger partial charge < -0.3 is 9.64 Å². The molecule has 1 aliphatic rings. The van der Waals surface area contributed by atoms with Crippen LogP contribution in [0.5, 0.6) is 0 Å². The molecular formula is C19H21NO2. The van der Waals surface area contributed by atoms with Gasteiger partial charge in [-0.25, -0.2) is 0 Å². The van der Waals surface area contributed by atoms with E-state index in [4.69, 9.17) is 4.74 Å². The normalized spacial score (nSPS) is 19.7. The number of ether oxygens (including phenoxy) is 1. The summed E-state index contributed by atoms with van der Waals surface area (Å²) in [7, 11) is 0. The largest absolute Gasteiger partial charge is 0.354 e. The Hall–Kier alpha value is -2.13. The lowest BCUT2D eigenvalue weighted by Gasteiger charge is -2.17. The molecule has 114 valence electrons. The van der Waals surface area contributed by atoms with Crippen molar-refractivity contribution in [3.05, 3.63) is 60.2 Å². The van der Waals surface area contributed by atoms with Crippen LogP contribution in [0, 0.1) is 0 Å². The number of amides is 1. The second kappa shape index (κ2) is 6.32. The number of carbonyl (C=O) groups is 1. The molecule has 22 heavy (non-hydrogen) atoms. The summed E-state index contributed by atoms with van der Waals surface area (Å²) >= 11 is 0. The minimum Gasteiger partial charge on any atom is -0.354 e. The van der Waals surface area contributed by atoms with Crippen LogP contribution in [0.25, 0.3) is 11.1 Å². The van der Waals surface area contributed by atoms with Gasteiger partial charge in [0.2, 0.25) is 0 Å². The van der Waals surface area contributed by atoms with Crippen LogP contribution in [-0.4, -0.2) is 30.0 Å². The van der Waals surface area contributed by atoms with Crippen LogP contribution in [0.1, 0.15) is 25.5 Å². The zero-order valence-electron chi connectivity index (χ0n) is 13.0. The van der Waals surface area contributed by atoms with Crippen molar-refractivity contribution in [2.24, 2.45) is 0 Å². The lowest BCUT2D eigenvalue weighted by atomic mass is 10.0. The molecule has 0 bridgehead atoms. The molecule has 0 radical (unpaired) electrons. The molecule has 0 saturated carbocycles. The molecule has 0 aliphatic carbocycles. The van der Waals surface area contributed by atoms with E-state index in [0.29, 0.717) is 0 Å². The summed E-state index contributed by atoms with van der Waals surface area (Å²) in [6, 6.07) is 18.6. The molecule has 0 aromatic heterocycles. The zero-order chi connectivity index (χ0) is 15.5. The highest BCUT2D eigenvalue weighted by atomic mass is 16.6. The van der Waals surface area contributed by atoms with Gasteiger partial charge in [-0.3, -0.25) is 4.79 Å². The first-order valence-corrected chi connectivity index (χ1v) is 7.84. The summed E-state index contributed by atoms with van der Waals surface area (Å²) < 4.78 is 5.60. The standard InChI is InChI=1S/C19H21NO2/c1-3-20(4-2)19(21)18-17(22-18)16-12-10-15(11-13-16)14-8-6-5-7-9-14/h5-13,17-18H,3-4H2,1-2H3/t17-,18+/m0/s1. The van der Waals surface area contributed by atoms with Gasteiger partial charge in [0.25, 0.3) is 5.91 Å². The van der Waals surface area contributed by atoms with Crippen LogP contribution < -0.4 is 0 Å². The van der Waals surface area contributed by atoms with Crippen LogP contribution in [0.4, 0.5) is 0 Å². The Balaban J connectivity index is 1.69. The average molecular weight is 295 g/mol. The van der Waals surface area contributed by atoms with Crippen LogP contribution in [0.15, 0.2) is 54.6 Å². The molecular weight excluding hydrogens is 274 g/mol. The van der Waals surface area contributed by atoms with Crippen molar-refractivity contribution in [3.8, 4) is 11.1 Å². The van der Waals surface area contributed by atoms with Gasteiger partial charge >= 0.3 is 0 Å². The van der Waals surface area contributed by atoms with Gasteiger partial charge in [0.1, 0.15) is 6.10 Å². The van der Waals surface area contributed by atoms with Crippen molar-refractivity contribution in [1.29, 1.82) is 0 Å². The third kappa shape index (κ3) is 2.90. The Kier molecular flexibility index (Phi) is 4.25. The van der Waals surface area contributed by atoms with Crippen molar-refractivity contribution >= 4 is 5.91 Å². The highest BCUT2D eigenvalue weighted by Crippen LogP contribution is 2.40. The molecule has 3 heteroatoms. The monoisotopic (exact) mass is 295 g/mol. The first-order chi connectivity index (χ1) is 10.7. The summed E-state index contributed by atoms with van der Waals surface area (Å²) in [5.41, 5.74) is 3.45. The Morgan fingerprint density at radius 2 is 1.55 bits per heavy atom. The van der Waals surface area contributed by atoms with Crippen molar-refractivity contribution in [2.75, 3.05) is 13.1 Å². The van der Waals surface area contributed by atoms with Gasteiger partial charge in [0.05, 0.1) is 0 Å². The third-order valence-electron chi connectivity index (χ3n) is 4.16. The quantitative estimate of drug-likeness (QED) is 0.789. The molecule has 3 nitrogen and oxygen atoms in total. The van der Waals surface area contributed by atoms with Gasteiger partial charge in [0.15, 0.2) is 6.10 Å². The maximum Gasteiger partial charge on any atom is 0.254 e. The number of hydrogen-bond acceptors (Lipinski definition) is 2. The predicted octanol–water partition coefficient (Wildman–Crippen LogP) is 3.66. The molecule has 2 aromatic rings. The minimum atomic E-state index is -0.303. The molecule has 1 amide bonds. The highest BCUT2D eigenvalue weighted by molar-refractivity contribution is 5.84. The van der Waals surface area contributed by atoms with Gasteiger partial charge in [-0.05, 0) is 30.5 Å². The predicted molar refractivity (Wildman–Crippen MR) is 87.4 cm³/mol. The fourth-order valence-corrected chi connectivity index (χ4v) is 2.76. The minimum absolute atomic E-state index is 0.0853. The van der Waals surface area contributed by atoms with Crippen LogP contribution in [0.3, 0.4) is 0 Å². The zero-order valence-corrected chi connectivity index (χ0v) is 13.0. The van der Waals surface area contributed by atoms with Gasteiger partial charge in [-0.15, -0.1) is 0 Å². The highest BCUT2D eigenvalue weighted by Gasteiger charge is 2.47. The molecule has 1 aliphatic heterocycles. The van der Waals surface area contributed by atoms with E-state index in [-0.39, 0.29) is 18.1 Å². The van der Waals surface area contributed by atoms with E-state index in [2.05, 4.69) is 36.4 Å². The number of epoxide rings is 1. The molecule has 2 atom stereocenters. The maximum atomic E-state index is 12.2. The lowest BCUT2D eigenvalue weighted by Crippen LogP contribution is -2.34. The Labute approximate surface area is 131 Å². The number of carbonyl (C=O) groups excluding carboxylic acids is 1. The molecule has 2 aromatic carbocycles. The first kappa shape index (κ1) is 14.8. The van der Waals surface area contributed by atoms with Crippen molar-refractivity contribution in [1.82, 2.24) is 4.90 Å². The maximum absolute atomic E-state index is 12.2. The smallest absolute Gasteiger partial charge is 0.254 e. The van der Waals surface area contributed by atoms with Crippen molar-refractivity contribution in [3.63, 3.8) is 0 Å². The summed E-state index contributed by atoms with van der Waals surface area (Å²) in [5, 5.41) is 0. The van der Waals surface area contributed by atoms with E-state index in [1.807, 2.05) is 36.9 Å². The molecule has 0 unspecified atom stereocenters. The first-order valence-electron chi connectivity index (χ1n) is 7.84. The number of hydrogen-bond donors (Lipinski definition) is 0. The molecule has 0 spiro atoms. The fraction of sp³-hybridized carbons (Fsp3) is 0.316. The summed E-state index contributed by atoms with van der Waals surface area (Å²) in [6.45, 7) is 5.45. The van der Waals surface area contributed by atoms with E-state index in [1.165, 1.54) is 11.1 Å². The number of likely N-dealkylation sites (N-methyl/N-ethyl adjacent to an activating group) is 1. The number of nitrogens with zero attached hydrogens (tertiary/aromatic N) is 1. The van der Waals surface area contributed by atoms with Gasteiger partial charge in [-0.2, -0.15) is 0 Å². The van der Waals surface area contributed by atoms with Crippen molar-refractivity contribution < 1.29 is 9.53 Å². The second-order valence-corrected chi connectivity index (χ2v) is 5.48. The lowest BCUT2D eigenvalue weighted by molar-refractivity contribution is -0.132. The third-order valence-corrected chi connectivity index (χ3v) is 4.16. The van der Waals surface area contributed by atoms with E-state index in [0.717, 1.165) is 18.7 Å². The summed E-state index contributed by atoms with van der Waals surface area (Å²) in [4.78, 5) is 14.1. The molecule has 1 heterocycles. The van der Waals surface area contributed by atoms with Crippen molar-refractivity contribution in [2.45, 2.75) is 26.1 Å². The van der Waals surface area contributed by atoms with E-state index in [1.54, 1.807) is 0 Å². The van der Waals surface area contributed by atoms with E-state index < -0.39 is 0 Å². The number of benzene rings is 2. The molecule has 1 fully saturated rings. The summed E-state index contributed by atoms with van der Waals surface area (Å²) in [5.74, 6) is 0.0992. The van der Waals surface area contributed by atoms with Crippen LogP contribution >= 0.6 is 0 Å². The van der Waals surface area contributed by atoms with Gasteiger partial charge in [0, 0.05) is 13.1 Å². The molecule has 3 rings (SSSR count). The Morgan fingerprint density at radius 1 is 0.955 bits per heavy atom. The summed E-state index contributed by atoms with van der Waals surface area (Å²) in [6.07, 6.45) is -0.389. The fourth-order valence-electron chi connectivity index (χ4n) is 2.76. The SMILES string of the molecule is CCN(CC)C(=O)[C@@H]1O[C@H]1c1ccc(-c2ccccc2)cc1. The second-order valence-electron chi connectivity index (χ2n) is 5.48. The van der Waals surface area contributed by atoms with E-state index >= 15 is 0 Å². The Morgan fingerprint density at radius 3 is 2.14 bits per heavy atom. The average Bonchev–Trinajstić information content (AvgIpc) is 3.37. The molecule has 0 N–H and O–H groups in total.